The van der Waals surface area contributed by atoms with E-state index in [2.05, 4.69) is 66.2 Å². The van der Waals surface area contributed by atoms with Gasteiger partial charge in [-0.05, 0) is 58.0 Å². The van der Waals surface area contributed by atoms with Gasteiger partial charge in [-0.25, -0.2) is 0 Å². The largest absolute Gasteiger partial charge is 0.310 e. The van der Waals surface area contributed by atoms with Crippen LogP contribution in [0.25, 0.3) is 0 Å². The van der Waals surface area contributed by atoms with E-state index in [4.69, 9.17) is 0 Å². The molecule has 0 aliphatic heterocycles. The van der Waals surface area contributed by atoms with E-state index in [1.54, 1.807) is 0 Å². The van der Waals surface area contributed by atoms with Gasteiger partial charge >= 0.3 is 0 Å². The maximum atomic E-state index is 2.53. The van der Waals surface area contributed by atoms with Crippen LogP contribution >= 0.6 is 45.2 Å². The molecule has 0 rings (SSSR count). The SMILES string of the molecule is CCCCCCCCCCCC[N+](C)(C)C(I)I. The Balaban J connectivity index is 3.21. The molecule has 0 amide bonds. The smallest absolute Gasteiger partial charge is 0.188 e. The molecular formula is C15H32I2N+. The fraction of sp³-hybridized carbons (Fsp3) is 1.00. The summed E-state index contributed by atoms with van der Waals surface area (Å²) in [6.45, 7) is 3.61. The van der Waals surface area contributed by atoms with Gasteiger partial charge in [-0.2, -0.15) is 0 Å². The van der Waals surface area contributed by atoms with Gasteiger partial charge in [-0.3, -0.25) is 0 Å². The fourth-order valence-electron chi connectivity index (χ4n) is 2.10. The van der Waals surface area contributed by atoms with E-state index >= 15 is 0 Å². The van der Waals surface area contributed by atoms with E-state index in [1.165, 1.54) is 70.8 Å². The minimum atomic E-state index is 0.693. The van der Waals surface area contributed by atoms with E-state index < -0.39 is 0 Å². The standard InChI is InChI=1S/C15H32I2N/c1-4-5-6-7-8-9-10-11-12-13-14-18(2,3)15(16)17/h15H,4-14H2,1-3H3/q+1. The van der Waals surface area contributed by atoms with Gasteiger partial charge in [0.25, 0.3) is 0 Å². The zero-order valence-electron chi connectivity index (χ0n) is 12.6. The van der Waals surface area contributed by atoms with Crippen LogP contribution in [0.2, 0.25) is 0 Å². The molecule has 0 unspecified atom stereocenters. The van der Waals surface area contributed by atoms with Crippen LogP contribution < -0.4 is 0 Å². The van der Waals surface area contributed by atoms with Gasteiger partial charge in [0.2, 0.25) is 0 Å². The van der Waals surface area contributed by atoms with Gasteiger partial charge in [0.1, 0.15) is 0 Å². The van der Waals surface area contributed by atoms with E-state index in [0.29, 0.717) is 2.06 Å². The lowest BCUT2D eigenvalue weighted by molar-refractivity contribution is -0.879. The van der Waals surface area contributed by atoms with Crippen molar-refractivity contribution in [1.82, 2.24) is 0 Å². The quantitative estimate of drug-likeness (QED) is 0.104. The Hall–Kier alpha value is 1.42. The Kier molecular flexibility index (Phi) is 13.1. The summed E-state index contributed by atoms with van der Waals surface area (Å²) in [7, 11) is 4.69. The molecule has 1 nitrogen and oxygen atoms in total. The van der Waals surface area contributed by atoms with Gasteiger partial charge in [0, 0.05) is 0 Å². The number of hydrogen-bond acceptors (Lipinski definition) is 0. The van der Waals surface area contributed by atoms with E-state index in [1.807, 2.05) is 0 Å². The number of alkyl halides is 2. The Morgan fingerprint density at radius 1 is 0.722 bits per heavy atom. The monoisotopic (exact) mass is 480 g/mol. The summed E-state index contributed by atoms with van der Waals surface area (Å²) in [6, 6.07) is 0. The van der Waals surface area contributed by atoms with Crippen molar-refractivity contribution in [2.75, 3.05) is 20.6 Å². The highest BCUT2D eigenvalue weighted by molar-refractivity contribution is 14.2. The summed E-state index contributed by atoms with van der Waals surface area (Å²) >= 11 is 5.07. The molecule has 18 heavy (non-hydrogen) atoms. The third-order valence-corrected chi connectivity index (χ3v) is 6.63. The minimum Gasteiger partial charge on any atom is -0.310 e. The zero-order chi connectivity index (χ0) is 13.9. The van der Waals surface area contributed by atoms with Gasteiger partial charge in [-0.1, -0.05) is 58.3 Å². The molecule has 0 aliphatic rings. The van der Waals surface area contributed by atoms with Crippen molar-refractivity contribution in [2.45, 2.75) is 73.2 Å². The predicted molar refractivity (Wildman–Crippen MR) is 101 cm³/mol. The topological polar surface area (TPSA) is 0 Å². The molecular weight excluding hydrogens is 448 g/mol. The number of hydrogen-bond donors (Lipinski definition) is 0. The molecule has 0 heterocycles. The van der Waals surface area contributed by atoms with Crippen LogP contribution in [0.1, 0.15) is 71.1 Å². The second kappa shape index (κ2) is 12.2. The van der Waals surface area contributed by atoms with Crippen molar-refractivity contribution in [2.24, 2.45) is 0 Å². The molecule has 0 aromatic rings. The van der Waals surface area contributed by atoms with E-state index in [0.717, 1.165) is 4.48 Å². The van der Waals surface area contributed by atoms with Crippen LogP contribution in [0, 0.1) is 0 Å². The maximum absolute atomic E-state index is 2.53. The number of rotatable bonds is 12. The number of nitrogens with zero attached hydrogens (tertiary/aromatic N) is 1. The molecule has 0 radical (unpaired) electrons. The van der Waals surface area contributed by atoms with Gasteiger partial charge in [0.05, 0.1) is 20.6 Å². The Morgan fingerprint density at radius 2 is 1.11 bits per heavy atom. The summed E-state index contributed by atoms with van der Waals surface area (Å²) in [5, 5.41) is 0. The number of quaternary nitrogens is 1. The van der Waals surface area contributed by atoms with Crippen molar-refractivity contribution in [3.8, 4) is 0 Å². The maximum Gasteiger partial charge on any atom is 0.188 e. The van der Waals surface area contributed by atoms with Crippen molar-refractivity contribution < 1.29 is 4.48 Å². The second-order valence-corrected chi connectivity index (χ2v) is 10.7. The van der Waals surface area contributed by atoms with Crippen LogP contribution in [0.5, 0.6) is 0 Å². The van der Waals surface area contributed by atoms with Crippen LogP contribution in [-0.2, 0) is 0 Å². The first-order valence-corrected chi connectivity index (χ1v) is 10.1. The molecule has 0 aromatic carbocycles. The molecule has 0 saturated heterocycles. The van der Waals surface area contributed by atoms with Gasteiger partial charge in [-0.15, -0.1) is 0 Å². The average Bonchev–Trinajstić information content (AvgIpc) is 2.31. The highest BCUT2D eigenvalue weighted by Gasteiger charge is 2.21. The van der Waals surface area contributed by atoms with Crippen molar-refractivity contribution in [3.05, 3.63) is 0 Å². The molecule has 0 aliphatic carbocycles. The normalized spacial score (nSPS) is 12.3. The zero-order valence-corrected chi connectivity index (χ0v) is 16.9. The Labute approximate surface area is 142 Å². The molecule has 0 fully saturated rings. The summed E-state index contributed by atoms with van der Waals surface area (Å²) in [6.07, 6.45) is 14.4. The lowest BCUT2D eigenvalue weighted by Crippen LogP contribution is -2.43. The van der Waals surface area contributed by atoms with Crippen LogP contribution in [-0.4, -0.2) is 27.2 Å². The Morgan fingerprint density at radius 3 is 1.50 bits per heavy atom. The summed E-state index contributed by atoms with van der Waals surface area (Å²) in [4.78, 5) is 0. The highest BCUT2D eigenvalue weighted by atomic mass is 127. The number of halogens is 2. The minimum absolute atomic E-state index is 0.693. The van der Waals surface area contributed by atoms with E-state index in [-0.39, 0.29) is 0 Å². The molecule has 0 atom stereocenters. The predicted octanol–water partition coefficient (Wildman–Crippen LogP) is 6.14. The fourth-order valence-corrected chi connectivity index (χ4v) is 2.66. The van der Waals surface area contributed by atoms with Crippen LogP contribution in [0.4, 0.5) is 0 Å². The number of unbranched alkanes of at least 4 members (excludes halogenated alkanes) is 9. The van der Waals surface area contributed by atoms with Crippen molar-refractivity contribution >= 4 is 45.2 Å². The van der Waals surface area contributed by atoms with Crippen LogP contribution in [0.15, 0.2) is 0 Å². The summed E-state index contributed by atoms with van der Waals surface area (Å²) in [5.41, 5.74) is 0. The van der Waals surface area contributed by atoms with Gasteiger partial charge < -0.3 is 4.48 Å². The van der Waals surface area contributed by atoms with Crippen molar-refractivity contribution in [1.29, 1.82) is 0 Å². The molecule has 0 aromatic heterocycles. The lowest BCUT2D eigenvalue weighted by Gasteiger charge is -2.31. The van der Waals surface area contributed by atoms with E-state index in [9.17, 15) is 0 Å². The summed E-state index contributed by atoms with van der Waals surface area (Å²) < 4.78 is 1.84. The van der Waals surface area contributed by atoms with Gasteiger partial charge in [0.15, 0.2) is 2.06 Å². The first kappa shape index (κ1) is 19.4. The lowest BCUT2D eigenvalue weighted by atomic mass is 10.1. The third-order valence-electron chi connectivity index (χ3n) is 3.62. The first-order valence-electron chi connectivity index (χ1n) is 7.61. The first-order chi connectivity index (χ1) is 8.50. The molecule has 0 N–H and O–H groups in total. The Bertz CT molecular complexity index is 181. The average molecular weight is 480 g/mol. The molecule has 0 bridgehead atoms. The van der Waals surface area contributed by atoms with Crippen molar-refractivity contribution in [3.63, 3.8) is 0 Å². The molecule has 0 saturated carbocycles. The summed E-state index contributed by atoms with van der Waals surface area (Å²) in [5.74, 6) is 0. The van der Waals surface area contributed by atoms with Crippen LogP contribution in [0.3, 0.4) is 0 Å². The second-order valence-electron chi connectivity index (χ2n) is 5.96. The highest BCUT2D eigenvalue weighted by Crippen LogP contribution is 2.22. The molecule has 110 valence electrons. The third kappa shape index (κ3) is 11.3. The molecule has 3 heteroatoms. The molecule has 0 spiro atoms.